The van der Waals surface area contributed by atoms with Crippen LogP contribution in [0.4, 0.5) is 11.9 Å². The number of rotatable bonds is 8. The van der Waals surface area contributed by atoms with Crippen molar-refractivity contribution in [1.82, 2.24) is 40.5 Å². The largest absolute Gasteiger partial charge is 0.481 e. The monoisotopic (exact) mass is 894 g/mol. The molecule has 2 amide bonds. The molecule has 0 saturated heterocycles. The number of hydrogen-bond acceptors (Lipinski definition) is 8. The maximum absolute atomic E-state index is 12.9. The maximum Gasteiger partial charge on any atom is 0.300 e. The van der Waals surface area contributed by atoms with Crippen LogP contribution in [0.3, 0.4) is 0 Å². The third-order valence-corrected chi connectivity index (χ3v) is 10.3. The van der Waals surface area contributed by atoms with E-state index in [2.05, 4.69) is 104 Å². The molecule has 12 N–H and O–H groups in total. The fourth-order valence-corrected chi connectivity index (χ4v) is 6.34. The van der Waals surface area contributed by atoms with Gasteiger partial charge in [0, 0.05) is 50.2 Å². The Morgan fingerprint density at radius 2 is 1.04 bits per heavy atom. The molecule has 4 aromatic rings. The van der Waals surface area contributed by atoms with E-state index >= 15 is 0 Å². The highest BCUT2D eigenvalue weighted by Gasteiger charge is 2.53. The molecular formula is C26H30Br4N10O6. The van der Waals surface area contributed by atoms with Gasteiger partial charge in [0.05, 0.1) is 30.5 Å². The molecule has 0 radical (unpaired) electrons. The number of aromatic nitrogens is 6. The molecule has 4 atom stereocenters. The summed E-state index contributed by atoms with van der Waals surface area (Å²) in [7, 11) is 0. The minimum absolute atomic E-state index is 0.0717. The Hall–Kier alpha value is -3.62. The normalized spacial score (nSPS) is 18.2. The van der Waals surface area contributed by atoms with Crippen molar-refractivity contribution in [1.29, 1.82) is 0 Å². The molecular weight excluding hydrogens is 868 g/mol. The second kappa shape index (κ2) is 16.3. The smallest absolute Gasteiger partial charge is 0.300 e. The number of amides is 2. The number of nitrogens with zero attached hydrogens (tertiary/aromatic N) is 2. The molecule has 1 aliphatic carbocycles. The standard InChI is InChI=1S/C22H22Br4N10O2.2C2H4O2/c23-9-1-11(33-17(9)25)19(37)29-3-7-8(4-30-20(38)12-2-10(24)18(26)34-12)16(14-6-32-22(28)36-14)15(7)13-5-31-21(27)35-13;2*1-2(3)4/h1-2,5-8,15-16,33-34H,3-4H2,(H,29,37)(H,30,38)(H3,27,31,35)(H3,28,32,36);2*1H3,(H,3,4)/t7-,8-,15-,16-;;/m1../s1. The van der Waals surface area contributed by atoms with Crippen molar-refractivity contribution in [3.8, 4) is 0 Å². The Morgan fingerprint density at radius 1 is 0.717 bits per heavy atom. The van der Waals surface area contributed by atoms with Crippen LogP contribution < -0.4 is 22.1 Å². The second-order valence-corrected chi connectivity index (χ2v) is 13.3. The van der Waals surface area contributed by atoms with E-state index in [0.717, 1.165) is 34.2 Å². The Labute approximate surface area is 295 Å². The van der Waals surface area contributed by atoms with Gasteiger partial charge in [-0.2, -0.15) is 0 Å². The summed E-state index contributed by atoms with van der Waals surface area (Å²) in [6.07, 6.45) is 3.40. The highest BCUT2D eigenvalue weighted by Crippen LogP contribution is 2.56. The Morgan fingerprint density at radius 3 is 1.28 bits per heavy atom. The van der Waals surface area contributed by atoms with Crippen LogP contribution in [0.1, 0.15) is 58.0 Å². The van der Waals surface area contributed by atoms with Gasteiger partial charge >= 0.3 is 0 Å². The molecule has 0 spiro atoms. The van der Waals surface area contributed by atoms with Crippen LogP contribution in [0.15, 0.2) is 42.7 Å². The highest BCUT2D eigenvalue weighted by atomic mass is 79.9. The number of carbonyl (C=O) groups excluding carboxylic acids is 2. The minimum Gasteiger partial charge on any atom is -0.481 e. The lowest BCUT2D eigenvalue weighted by molar-refractivity contribution is -0.135. The van der Waals surface area contributed by atoms with E-state index in [0.29, 0.717) is 45.6 Å². The first-order valence-electron chi connectivity index (χ1n) is 13.2. The van der Waals surface area contributed by atoms with Gasteiger partial charge in [0.1, 0.15) is 11.4 Å². The number of imidazole rings is 2. The first-order chi connectivity index (χ1) is 21.6. The SMILES string of the molecule is CC(=O)O.CC(=O)O.Nc1ncc([C@H]2[C@H](CNC(=O)c3cc(Br)c(Br)[nH]3)[C@@H](CNC(=O)c3cc(Br)c(Br)[nH]3)[C@@H]2c2cnc(N)[nH]2)[nH]1. The summed E-state index contributed by atoms with van der Waals surface area (Å²) in [5.74, 6) is -1.92. The van der Waals surface area contributed by atoms with Crippen molar-refractivity contribution in [3.05, 3.63) is 65.5 Å². The van der Waals surface area contributed by atoms with Crippen molar-refractivity contribution in [2.75, 3.05) is 24.6 Å². The van der Waals surface area contributed by atoms with Crippen molar-refractivity contribution < 1.29 is 29.4 Å². The summed E-state index contributed by atoms with van der Waals surface area (Å²) in [6.45, 7) is 2.86. The fraction of sp³-hybridized carbons (Fsp3) is 0.308. The summed E-state index contributed by atoms with van der Waals surface area (Å²) in [5, 5.41) is 20.9. The van der Waals surface area contributed by atoms with Gasteiger partial charge in [0.2, 0.25) is 0 Å². The Balaban J connectivity index is 0.000000647. The summed E-state index contributed by atoms with van der Waals surface area (Å²) in [4.78, 5) is 64.4. The van der Waals surface area contributed by atoms with Gasteiger partial charge in [-0.3, -0.25) is 19.2 Å². The third-order valence-electron chi connectivity index (χ3n) is 6.74. The molecule has 20 heteroatoms. The minimum atomic E-state index is -0.833. The van der Waals surface area contributed by atoms with Gasteiger partial charge in [0.25, 0.3) is 23.8 Å². The van der Waals surface area contributed by atoms with E-state index in [9.17, 15) is 9.59 Å². The van der Waals surface area contributed by atoms with Crippen LogP contribution >= 0.6 is 63.7 Å². The zero-order valence-electron chi connectivity index (χ0n) is 24.1. The molecule has 1 saturated carbocycles. The number of anilines is 2. The number of hydrogen-bond donors (Lipinski definition) is 10. The van der Waals surface area contributed by atoms with Gasteiger partial charge < -0.3 is 52.2 Å². The van der Waals surface area contributed by atoms with E-state index < -0.39 is 11.9 Å². The number of halogens is 4. The average molecular weight is 898 g/mol. The molecule has 0 aliphatic heterocycles. The molecule has 46 heavy (non-hydrogen) atoms. The third kappa shape index (κ3) is 9.69. The predicted molar refractivity (Wildman–Crippen MR) is 182 cm³/mol. The summed E-state index contributed by atoms with van der Waals surface area (Å²) >= 11 is 13.5. The van der Waals surface area contributed by atoms with Gasteiger partial charge in [0.15, 0.2) is 11.9 Å². The van der Waals surface area contributed by atoms with Crippen LogP contribution in [0.25, 0.3) is 0 Å². The second-order valence-electron chi connectivity index (χ2n) is 9.97. The number of nitrogens with two attached hydrogens (primary N) is 2. The summed E-state index contributed by atoms with van der Waals surface area (Å²) < 4.78 is 2.85. The lowest BCUT2D eigenvalue weighted by Gasteiger charge is -2.51. The van der Waals surface area contributed by atoms with E-state index in [-0.39, 0.29) is 35.5 Å². The highest BCUT2D eigenvalue weighted by molar-refractivity contribution is 9.13. The lowest BCUT2D eigenvalue weighted by atomic mass is 9.54. The lowest BCUT2D eigenvalue weighted by Crippen LogP contribution is -2.53. The van der Waals surface area contributed by atoms with E-state index in [4.69, 9.17) is 31.3 Å². The Bertz CT molecular complexity index is 1530. The number of nitrogens with one attached hydrogen (secondary N) is 6. The summed E-state index contributed by atoms with van der Waals surface area (Å²) in [5.41, 5.74) is 14.3. The van der Waals surface area contributed by atoms with Gasteiger partial charge in [-0.05, 0) is 87.7 Å². The zero-order chi connectivity index (χ0) is 34.3. The molecule has 5 rings (SSSR count). The first kappa shape index (κ1) is 36.8. The molecule has 1 fully saturated rings. The molecule has 0 bridgehead atoms. The number of nitrogen functional groups attached to an aromatic ring is 2. The number of carbonyl (C=O) groups is 4. The van der Waals surface area contributed by atoms with Gasteiger partial charge in [-0.25, -0.2) is 9.97 Å². The number of carboxylic acids is 2. The average Bonchev–Trinajstić information content (AvgIpc) is 3.72. The molecule has 248 valence electrons. The van der Waals surface area contributed by atoms with Crippen molar-refractivity contribution in [2.45, 2.75) is 25.7 Å². The van der Waals surface area contributed by atoms with E-state index in [1.54, 1.807) is 24.5 Å². The Kier molecular flexibility index (Phi) is 13.0. The predicted octanol–water partition coefficient (Wildman–Crippen LogP) is 4.16. The van der Waals surface area contributed by atoms with Crippen molar-refractivity contribution >= 4 is 99.4 Å². The number of aliphatic carboxylic acids is 2. The molecule has 0 aromatic carbocycles. The van der Waals surface area contributed by atoms with E-state index in [1.807, 2.05) is 0 Å². The quantitative estimate of drug-likeness (QED) is 0.121. The number of H-pyrrole nitrogens is 4. The number of aromatic amines is 4. The van der Waals surface area contributed by atoms with Crippen LogP contribution in [0.5, 0.6) is 0 Å². The molecule has 4 heterocycles. The van der Waals surface area contributed by atoms with Gasteiger partial charge in [-0.15, -0.1) is 0 Å². The van der Waals surface area contributed by atoms with Crippen LogP contribution in [0.2, 0.25) is 0 Å². The molecule has 1 aliphatic rings. The zero-order valence-corrected chi connectivity index (χ0v) is 30.5. The van der Waals surface area contributed by atoms with Crippen LogP contribution in [-0.2, 0) is 9.59 Å². The molecule has 4 aromatic heterocycles. The maximum atomic E-state index is 12.9. The van der Waals surface area contributed by atoms with Crippen LogP contribution in [-0.4, -0.2) is 77.0 Å². The van der Waals surface area contributed by atoms with E-state index in [1.165, 1.54) is 0 Å². The van der Waals surface area contributed by atoms with Crippen molar-refractivity contribution in [3.63, 3.8) is 0 Å². The molecule has 0 unspecified atom stereocenters. The molecule has 16 nitrogen and oxygen atoms in total. The van der Waals surface area contributed by atoms with Gasteiger partial charge in [-0.1, -0.05) is 0 Å². The summed E-state index contributed by atoms with van der Waals surface area (Å²) in [6, 6.07) is 3.40. The van der Waals surface area contributed by atoms with Crippen molar-refractivity contribution in [2.24, 2.45) is 11.8 Å². The van der Waals surface area contributed by atoms with Crippen LogP contribution in [0, 0.1) is 11.8 Å². The number of carboxylic acid groups (broad SMARTS) is 2. The fourth-order valence-electron chi connectivity index (χ4n) is 5.03. The topological polar surface area (TPSA) is 274 Å². The first-order valence-corrected chi connectivity index (χ1v) is 16.4.